The van der Waals surface area contributed by atoms with E-state index in [4.69, 9.17) is 9.84 Å². The normalized spacial score (nSPS) is 10.2. The van der Waals surface area contributed by atoms with Crippen molar-refractivity contribution in [3.63, 3.8) is 0 Å². The van der Waals surface area contributed by atoms with Crippen LogP contribution in [0.3, 0.4) is 0 Å². The average Bonchev–Trinajstić information content (AvgIpc) is 2.88. The summed E-state index contributed by atoms with van der Waals surface area (Å²) in [4.78, 5) is 22.4. The predicted molar refractivity (Wildman–Crippen MR) is 71.8 cm³/mol. The lowest BCUT2D eigenvalue weighted by atomic mass is 10.3. The molecule has 1 amide bonds. The molecule has 0 saturated heterocycles. The smallest absolute Gasteiger partial charge is 0.349 e. The Balaban J connectivity index is 1.96. The van der Waals surface area contributed by atoms with Gasteiger partial charge in [-0.3, -0.25) is 4.79 Å². The van der Waals surface area contributed by atoms with Gasteiger partial charge in [-0.2, -0.15) is 0 Å². The summed E-state index contributed by atoms with van der Waals surface area (Å²) in [6, 6.07) is 4.13. The summed E-state index contributed by atoms with van der Waals surface area (Å²) in [6.45, 7) is -0.492. The predicted octanol–water partition coefficient (Wildman–Crippen LogP) is 2.74. The zero-order chi connectivity index (χ0) is 15.4. The summed E-state index contributed by atoms with van der Waals surface area (Å²) in [5.74, 6) is -3.47. The molecule has 0 atom stereocenters. The van der Waals surface area contributed by atoms with E-state index in [2.05, 4.69) is 5.32 Å². The van der Waals surface area contributed by atoms with Gasteiger partial charge in [0.25, 0.3) is 5.91 Å². The number of ether oxygens (including phenoxy) is 1. The molecule has 0 aliphatic heterocycles. The van der Waals surface area contributed by atoms with E-state index in [1.807, 2.05) is 0 Å². The molecule has 0 saturated carbocycles. The maximum atomic E-state index is 13.3. The van der Waals surface area contributed by atoms with Crippen LogP contribution < -0.4 is 10.1 Å². The number of carboxylic acid groups (broad SMARTS) is 1. The molecule has 21 heavy (non-hydrogen) atoms. The van der Waals surface area contributed by atoms with Crippen LogP contribution in [0, 0.1) is 11.6 Å². The van der Waals surface area contributed by atoms with E-state index in [1.54, 1.807) is 0 Å². The lowest BCUT2D eigenvalue weighted by Gasteiger charge is -2.08. The molecule has 0 aliphatic carbocycles. The van der Waals surface area contributed by atoms with Crippen molar-refractivity contribution in [1.29, 1.82) is 0 Å². The van der Waals surface area contributed by atoms with Crippen LogP contribution in [0.4, 0.5) is 14.5 Å². The van der Waals surface area contributed by atoms with Gasteiger partial charge >= 0.3 is 5.97 Å². The zero-order valence-electron chi connectivity index (χ0n) is 10.4. The number of aromatic carboxylic acids is 1. The quantitative estimate of drug-likeness (QED) is 0.890. The van der Waals surface area contributed by atoms with Crippen molar-refractivity contribution in [3.05, 3.63) is 46.2 Å². The summed E-state index contributed by atoms with van der Waals surface area (Å²) in [6.07, 6.45) is 0. The first-order chi connectivity index (χ1) is 9.97. The third kappa shape index (κ3) is 3.76. The van der Waals surface area contributed by atoms with Crippen LogP contribution in [0.1, 0.15) is 9.67 Å². The first kappa shape index (κ1) is 14.9. The summed E-state index contributed by atoms with van der Waals surface area (Å²) in [5, 5.41) is 12.6. The third-order valence-electron chi connectivity index (χ3n) is 2.39. The standard InChI is InChI=1S/C13H9F2NO4S/c14-7-1-2-9(8(15)5-7)16-11(17)6-20-10-3-4-21-12(10)13(18)19/h1-5H,6H2,(H,16,17)(H,18,19). The number of hydrogen-bond donors (Lipinski definition) is 2. The molecule has 0 unspecified atom stereocenters. The Kier molecular flexibility index (Phi) is 4.49. The highest BCUT2D eigenvalue weighted by molar-refractivity contribution is 7.12. The minimum absolute atomic E-state index is 0.0317. The highest BCUT2D eigenvalue weighted by Crippen LogP contribution is 2.24. The minimum atomic E-state index is -1.16. The van der Waals surface area contributed by atoms with Crippen LogP contribution in [0.2, 0.25) is 0 Å². The molecular formula is C13H9F2NO4S. The monoisotopic (exact) mass is 313 g/mol. The number of rotatable bonds is 5. The lowest BCUT2D eigenvalue weighted by Crippen LogP contribution is -2.21. The van der Waals surface area contributed by atoms with Crippen molar-refractivity contribution in [1.82, 2.24) is 0 Å². The molecule has 2 aromatic rings. The lowest BCUT2D eigenvalue weighted by molar-refractivity contribution is -0.118. The van der Waals surface area contributed by atoms with Crippen LogP contribution in [-0.2, 0) is 4.79 Å². The first-order valence-electron chi connectivity index (χ1n) is 5.66. The molecule has 5 nitrogen and oxygen atoms in total. The third-order valence-corrected chi connectivity index (χ3v) is 3.27. The molecule has 110 valence electrons. The number of amides is 1. The number of anilines is 1. The Morgan fingerprint density at radius 1 is 1.29 bits per heavy atom. The summed E-state index contributed by atoms with van der Waals surface area (Å²) in [7, 11) is 0. The average molecular weight is 313 g/mol. The van der Waals surface area contributed by atoms with Gasteiger partial charge in [-0.1, -0.05) is 0 Å². The summed E-state index contributed by atoms with van der Waals surface area (Å²) >= 11 is 0.959. The fourth-order valence-electron chi connectivity index (χ4n) is 1.49. The molecule has 1 aromatic heterocycles. The Morgan fingerprint density at radius 2 is 2.05 bits per heavy atom. The number of benzene rings is 1. The Hall–Kier alpha value is -2.48. The van der Waals surface area contributed by atoms with Crippen molar-refractivity contribution >= 4 is 28.9 Å². The van der Waals surface area contributed by atoms with Gasteiger partial charge in [-0.25, -0.2) is 13.6 Å². The van der Waals surface area contributed by atoms with E-state index in [0.717, 1.165) is 23.5 Å². The van der Waals surface area contributed by atoms with Gasteiger partial charge in [0, 0.05) is 6.07 Å². The first-order valence-corrected chi connectivity index (χ1v) is 6.54. The van der Waals surface area contributed by atoms with Crippen LogP contribution >= 0.6 is 11.3 Å². The Labute approximate surface area is 121 Å². The molecule has 0 spiro atoms. The van der Waals surface area contributed by atoms with Crippen LogP contribution in [0.25, 0.3) is 0 Å². The largest absolute Gasteiger partial charge is 0.482 e. The van der Waals surface area contributed by atoms with E-state index in [9.17, 15) is 18.4 Å². The SMILES string of the molecule is O=C(COc1ccsc1C(=O)O)Nc1ccc(F)cc1F. The number of halogens is 2. The second-order valence-corrected chi connectivity index (χ2v) is 4.80. The number of nitrogens with one attached hydrogen (secondary N) is 1. The molecule has 2 N–H and O–H groups in total. The van der Waals surface area contributed by atoms with Crippen LogP contribution in [-0.4, -0.2) is 23.6 Å². The maximum Gasteiger partial charge on any atom is 0.349 e. The number of carboxylic acids is 1. The van der Waals surface area contributed by atoms with Crippen molar-refractivity contribution in [2.24, 2.45) is 0 Å². The molecule has 1 aromatic carbocycles. The maximum absolute atomic E-state index is 13.3. The van der Waals surface area contributed by atoms with E-state index < -0.39 is 30.1 Å². The Bertz CT molecular complexity index is 687. The van der Waals surface area contributed by atoms with Gasteiger partial charge in [-0.15, -0.1) is 11.3 Å². The molecule has 8 heteroatoms. The van der Waals surface area contributed by atoms with Crippen molar-refractivity contribution in [3.8, 4) is 5.75 Å². The fraction of sp³-hybridized carbons (Fsp3) is 0.0769. The van der Waals surface area contributed by atoms with Crippen molar-refractivity contribution in [2.75, 3.05) is 11.9 Å². The van der Waals surface area contributed by atoms with Gasteiger partial charge in [0.05, 0.1) is 5.69 Å². The number of thiophene rings is 1. The second kappa shape index (κ2) is 6.31. The van der Waals surface area contributed by atoms with Crippen LogP contribution in [0.5, 0.6) is 5.75 Å². The molecule has 1 heterocycles. The number of carbonyl (C=O) groups is 2. The van der Waals surface area contributed by atoms with Crippen LogP contribution in [0.15, 0.2) is 29.6 Å². The summed E-state index contributed by atoms with van der Waals surface area (Å²) < 4.78 is 31.1. The molecule has 0 aliphatic rings. The van der Waals surface area contributed by atoms with Gasteiger partial charge in [-0.05, 0) is 23.6 Å². The number of hydrogen-bond acceptors (Lipinski definition) is 4. The van der Waals surface area contributed by atoms with E-state index >= 15 is 0 Å². The number of carbonyl (C=O) groups excluding carboxylic acids is 1. The van der Waals surface area contributed by atoms with E-state index in [-0.39, 0.29) is 16.3 Å². The van der Waals surface area contributed by atoms with Gasteiger partial charge in [0.2, 0.25) is 0 Å². The second-order valence-electron chi connectivity index (χ2n) is 3.88. The minimum Gasteiger partial charge on any atom is -0.482 e. The van der Waals surface area contributed by atoms with Crippen molar-refractivity contribution < 1.29 is 28.2 Å². The molecule has 0 radical (unpaired) electrons. The van der Waals surface area contributed by atoms with E-state index in [1.165, 1.54) is 11.4 Å². The highest BCUT2D eigenvalue weighted by Gasteiger charge is 2.15. The zero-order valence-corrected chi connectivity index (χ0v) is 11.2. The van der Waals surface area contributed by atoms with Gasteiger partial charge in [0.15, 0.2) is 11.5 Å². The fourth-order valence-corrected chi connectivity index (χ4v) is 2.16. The molecule has 2 rings (SSSR count). The highest BCUT2D eigenvalue weighted by atomic mass is 32.1. The van der Waals surface area contributed by atoms with E-state index in [0.29, 0.717) is 6.07 Å². The topological polar surface area (TPSA) is 75.6 Å². The Morgan fingerprint density at radius 3 is 2.71 bits per heavy atom. The summed E-state index contributed by atoms with van der Waals surface area (Å²) in [5.41, 5.74) is -0.186. The molecular weight excluding hydrogens is 304 g/mol. The molecule has 0 fully saturated rings. The van der Waals surface area contributed by atoms with Gasteiger partial charge < -0.3 is 15.2 Å². The molecule has 0 bridgehead atoms. The van der Waals surface area contributed by atoms with Gasteiger partial charge in [0.1, 0.15) is 17.4 Å². The van der Waals surface area contributed by atoms with Crippen molar-refractivity contribution in [2.45, 2.75) is 0 Å².